The lowest BCUT2D eigenvalue weighted by Gasteiger charge is -2.55. The first kappa shape index (κ1) is 15.6. The second-order valence-corrected chi connectivity index (χ2v) is 9.98. The lowest BCUT2D eigenvalue weighted by Crippen LogP contribution is -2.54. The molecule has 0 radical (unpaired) electrons. The van der Waals surface area contributed by atoms with E-state index in [1.807, 2.05) is 0 Å². The molecule has 0 aromatic rings. The van der Waals surface area contributed by atoms with E-state index in [1.165, 1.54) is 24.8 Å². The van der Waals surface area contributed by atoms with Gasteiger partial charge in [-0.2, -0.15) is 4.91 Å². The Bertz CT molecular complexity index is 756. The molecule has 5 aliphatic carbocycles. The van der Waals surface area contributed by atoms with E-state index in [0.29, 0.717) is 36.0 Å². The van der Waals surface area contributed by atoms with Gasteiger partial charge in [0.1, 0.15) is 11.6 Å². The van der Waals surface area contributed by atoms with Gasteiger partial charge in [-0.05, 0) is 73.7 Å². The topological polar surface area (TPSA) is 55.7 Å². The molecule has 26 heavy (non-hydrogen) atoms. The first-order valence-electron chi connectivity index (χ1n) is 10.5. The molecule has 1 heterocycles. The van der Waals surface area contributed by atoms with Gasteiger partial charge in [0.25, 0.3) is 0 Å². The molecule has 6 rings (SSSR count). The first-order valence-corrected chi connectivity index (χ1v) is 10.5. The van der Waals surface area contributed by atoms with E-state index in [-0.39, 0.29) is 23.0 Å². The molecular formula is C22H27NO3. The van der Waals surface area contributed by atoms with Crippen LogP contribution in [0.3, 0.4) is 0 Å². The van der Waals surface area contributed by atoms with Gasteiger partial charge in [-0.25, -0.2) is 0 Å². The Morgan fingerprint density at radius 1 is 1.19 bits per heavy atom. The summed E-state index contributed by atoms with van der Waals surface area (Å²) >= 11 is 0. The fourth-order valence-electron chi connectivity index (χ4n) is 8.22. The highest BCUT2D eigenvalue weighted by atomic mass is 16.6. The van der Waals surface area contributed by atoms with Crippen LogP contribution in [-0.2, 0) is 9.53 Å². The van der Waals surface area contributed by atoms with Crippen LogP contribution in [-0.4, -0.2) is 17.6 Å². The number of carbonyl (C=O) groups excluding carboxylic acids is 1. The molecule has 6 aliphatic rings. The number of rotatable bonds is 1. The third kappa shape index (κ3) is 1.70. The van der Waals surface area contributed by atoms with Crippen molar-refractivity contribution >= 4 is 5.97 Å². The number of hydrogen-bond donors (Lipinski definition) is 0. The highest BCUT2D eigenvalue weighted by molar-refractivity contribution is 5.73. The number of fused-ring (bicyclic) bond motifs is 9. The van der Waals surface area contributed by atoms with Crippen molar-refractivity contribution < 1.29 is 9.53 Å². The van der Waals surface area contributed by atoms with Crippen molar-refractivity contribution in [2.24, 2.45) is 46.1 Å². The van der Waals surface area contributed by atoms with Crippen LogP contribution in [0.1, 0.15) is 51.9 Å². The van der Waals surface area contributed by atoms with Crippen LogP contribution in [0.4, 0.5) is 0 Å². The number of allylic oxidation sites excluding steroid dienone is 3. The molecule has 3 saturated carbocycles. The average Bonchev–Trinajstić information content (AvgIpc) is 3.29. The standard InChI is InChI=1S/C22H27NO3/c1-21-8-6-15-14-5-3-13(23-25)10-12(14)2-4-16(15)20(21)17-11-18(17)22(21)9-7-19(24)26-22/h2,4,10,13-18,20H,3,5-9,11H2,1H3/t13?,14-,15?,16?,17?,18?,20?,21-,22-/m0/s1. The molecule has 0 amide bonds. The van der Waals surface area contributed by atoms with Gasteiger partial charge in [-0.1, -0.05) is 30.3 Å². The van der Waals surface area contributed by atoms with Gasteiger partial charge in [-0.3, -0.25) is 4.79 Å². The fraction of sp³-hybridized carbons (Fsp3) is 0.773. The monoisotopic (exact) mass is 353 g/mol. The Labute approximate surface area is 154 Å². The van der Waals surface area contributed by atoms with Gasteiger partial charge in [0.05, 0.1) is 0 Å². The zero-order chi connectivity index (χ0) is 17.7. The van der Waals surface area contributed by atoms with Crippen molar-refractivity contribution in [3.8, 4) is 0 Å². The number of carbonyl (C=O) groups is 1. The highest BCUT2D eigenvalue weighted by Crippen LogP contribution is 2.78. The first-order chi connectivity index (χ1) is 12.6. The van der Waals surface area contributed by atoms with E-state index in [1.54, 1.807) is 0 Å². The third-order valence-electron chi connectivity index (χ3n) is 9.25. The summed E-state index contributed by atoms with van der Waals surface area (Å²) < 4.78 is 6.13. The van der Waals surface area contributed by atoms with Gasteiger partial charge in [0.2, 0.25) is 0 Å². The molecule has 0 N–H and O–H groups in total. The zero-order valence-corrected chi connectivity index (χ0v) is 15.4. The van der Waals surface area contributed by atoms with Crippen molar-refractivity contribution in [2.45, 2.75) is 63.5 Å². The minimum atomic E-state index is -0.159. The smallest absolute Gasteiger partial charge is 0.306 e. The molecule has 1 spiro atoms. The van der Waals surface area contributed by atoms with Crippen molar-refractivity contribution in [3.63, 3.8) is 0 Å². The highest BCUT2D eigenvalue weighted by Gasteiger charge is 2.78. The summed E-state index contributed by atoms with van der Waals surface area (Å²) in [6.45, 7) is 2.44. The number of ether oxygens (including phenoxy) is 1. The summed E-state index contributed by atoms with van der Waals surface area (Å²) in [6.07, 6.45) is 14.1. The molecule has 9 atom stereocenters. The summed E-state index contributed by atoms with van der Waals surface area (Å²) in [5, 5.41) is 3.27. The summed E-state index contributed by atoms with van der Waals surface area (Å²) in [5.41, 5.74) is 1.35. The van der Waals surface area contributed by atoms with Crippen LogP contribution in [0.5, 0.6) is 0 Å². The van der Waals surface area contributed by atoms with Crippen LogP contribution in [0.15, 0.2) is 29.0 Å². The maximum absolute atomic E-state index is 12.0. The largest absolute Gasteiger partial charge is 0.458 e. The summed E-state index contributed by atoms with van der Waals surface area (Å²) in [7, 11) is 0. The fourth-order valence-corrected chi connectivity index (χ4v) is 8.22. The van der Waals surface area contributed by atoms with Gasteiger partial charge < -0.3 is 4.74 Å². The molecule has 4 fully saturated rings. The minimum absolute atomic E-state index is 0.0312. The molecule has 6 unspecified atom stereocenters. The number of hydrogen-bond acceptors (Lipinski definition) is 4. The van der Waals surface area contributed by atoms with Crippen molar-refractivity contribution in [1.29, 1.82) is 0 Å². The number of nitrogens with zero attached hydrogens (tertiary/aromatic N) is 1. The molecule has 0 bridgehead atoms. The summed E-state index contributed by atoms with van der Waals surface area (Å²) in [6, 6.07) is -0.128. The van der Waals surface area contributed by atoms with E-state index >= 15 is 0 Å². The number of nitroso groups, excluding NO2 is 1. The minimum Gasteiger partial charge on any atom is -0.458 e. The van der Waals surface area contributed by atoms with E-state index < -0.39 is 0 Å². The van der Waals surface area contributed by atoms with Gasteiger partial charge in [0, 0.05) is 17.8 Å². The third-order valence-corrected chi connectivity index (χ3v) is 9.25. The van der Waals surface area contributed by atoms with Crippen LogP contribution < -0.4 is 0 Å². The lowest BCUT2D eigenvalue weighted by molar-refractivity contribution is -0.171. The normalized spacial score (nSPS) is 56.1. The summed E-state index contributed by atoms with van der Waals surface area (Å²) in [4.78, 5) is 23.0. The van der Waals surface area contributed by atoms with Crippen molar-refractivity contribution in [3.05, 3.63) is 28.7 Å². The predicted molar refractivity (Wildman–Crippen MR) is 97.0 cm³/mol. The van der Waals surface area contributed by atoms with Crippen LogP contribution in [0.25, 0.3) is 0 Å². The van der Waals surface area contributed by atoms with Crippen LogP contribution in [0.2, 0.25) is 0 Å². The molecule has 1 saturated heterocycles. The van der Waals surface area contributed by atoms with Crippen molar-refractivity contribution in [1.82, 2.24) is 0 Å². The Hall–Kier alpha value is -1.45. The zero-order valence-electron chi connectivity index (χ0n) is 15.4. The molecule has 4 nitrogen and oxygen atoms in total. The van der Waals surface area contributed by atoms with Gasteiger partial charge >= 0.3 is 5.97 Å². The Kier molecular flexibility index (Phi) is 2.93. The quantitative estimate of drug-likeness (QED) is 0.518. The second-order valence-electron chi connectivity index (χ2n) is 9.98. The van der Waals surface area contributed by atoms with Crippen LogP contribution >= 0.6 is 0 Å². The predicted octanol–water partition coefficient (Wildman–Crippen LogP) is 4.40. The molecule has 0 aromatic heterocycles. The maximum atomic E-state index is 12.0. The molecule has 4 heteroatoms. The van der Waals surface area contributed by atoms with Crippen molar-refractivity contribution in [2.75, 3.05) is 0 Å². The Balaban J connectivity index is 1.38. The molecule has 0 aromatic carbocycles. The Morgan fingerprint density at radius 2 is 2.08 bits per heavy atom. The average molecular weight is 353 g/mol. The van der Waals surface area contributed by atoms with E-state index in [9.17, 15) is 9.70 Å². The molecular weight excluding hydrogens is 326 g/mol. The molecule has 138 valence electrons. The van der Waals surface area contributed by atoms with E-state index in [4.69, 9.17) is 4.74 Å². The van der Waals surface area contributed by atoms with Gasteiger partial charge in [0.15, 0.2) is 0 Å². The second kappa shape index (κ2) is 4.88. The van der Waals surface area contributed by atoms with Crippen LogP contribution in [0, 0.1) is 45.8 Å². The van der Waals surface area contributed by atoms with E-state index in [0.717, 1.165) is 25.2 Å². The van der Waals surface area contributed by atoms with Gasteiger partial charge in [-0.15, -0.1) is 0 Å². The summed E-state index contributed by atoms with van der Waals surface area (Å²) in [5.74, 6) is 3.98. The lowest BCUT2D eigenvalue weighted by atomic mass is 9.50. The number of esters is 1. The Morgan fingerprint density at radius 3 is 2.85 bits per heavy atom. The molecule has 1 aliphatic heterocycles. The maximum Gasteiger partial charge on any atom is 0.306 e. The SMILES string of the molecule is C[C@]12CCC3C(C=CC4=CC(N=O)CC[C@@H]43)C1C1CC1[C@@]21CCC(=O)O1. The van der Waals surface area contributed by atoms with E-state index in [2.05, 4.69) is 30.3 Å².